The van der Waals surface area contributed by atoms with E-state index in [-0.39, 0.29) is 26.1 Å². The molecule has 4 heterocycles. The predicted molar refractivity (Wildman–Crippen MR) is 155 cm³/mol. The molecule has 2 aromatic rings. The zero-order valence-electron chi connectivity index (χ0n) is 26.7. The van der Waals surface area contributed by atoms with Crippen LogP contribution in [0, 0.1) is 10.8 Å². The molecule has 2 aliphatic carbocycles. The van der Waals surface area contributed by atoms with Gasteiger partial charge in [0, 0.05) is 12.8 Å². The lowest BCUT2D eigenvalue weighted by atomic mass is 9.94. The van der Waals surface area contributed by atoms with Gasteiger partial charge in [0.15, 0.2) is 24.2 Å². The van der Waals surface area contributed by atoms with E-state index in [4.69, 9.17) is 37.9 Å². The number of carbonyl (C=O) groups is 2. The van der Waals surface area contributed by atoms with Gasteiger partial charge in [-0.05, 0) is 52.0 Å². The van der Waals surface area contributed by atoms with E-state index in [1.807, 2.05) is 0 Å². The Morgan fingerprint density at radius 1 is 0.625 bits per heavy atom. The van der Waals surface area contributed by atoms with Crippen LogP contribution in [0.1, 0.15) is 61.3 Å². The molecule has 0 unspecified atom stereocenters. The van der Waals surface area contributed by atoms with Gasteiger partial charge in [-0.25, -0.2) is 27.2 Å². The van der Waals surface area contributed by atoms with Crippen LogP contribution in [0.2, 0.25) is 0 Å². The number of alkyl halides is 4. The average molecular weight is 681 g/mol. The first kappa shape index (κ1) is 33.4. The van der Waals surface area contributed by atoms with E-state index in [0.29, 0.717) is 11.1 Å². The average Bonchev–Trinajstić information content (AvgIpc) is 3.49. The molecular formula is C34H36F4O10. The second kappa shape index (κ2) is 11.2. The largest absolute Gasteiger partial charge is 0.459 e. The summed E-state index contributed by atoms with van der Waals surface area (Å²) in [6, 6.07) is 16.8. The molecule has 2 spiro atoms. The minimum Gasteiger partial charge on any atom is -0.459 e. The van der Waals surface area contributed by atoms with Crippen LogP contribution in [0.3, 0.4) is 0 Å². The molecule has 2 saturated carbocycles. The quantitative estimate of drug-likeness (QED) is 0.287. The maximum Gasteiger partial charge on any atom is 0.338 e. The van der Waals surface area contributed by atoms with E-state index in [2.05, 4.69) is 0 Å². The Hall–Kier alpha value is -3.14. The first-order valence-corrected chi connectivity index (χ1v) is 15.7. The molecule has 0 bridgehead atoms. The summed E-state index contributed by atoms with van der Waals surface area (Å²) >= 11 is 0. The zero-order valence-corrected chi connectivity index (χ0v) is 26.7. The number of hydrogen-bond donors (Lipinski definition) is 0. The summed E-state index contributed by atoms with van der Waals surface area (Å²) in [5.41, 5.74) is -2.24. The van der Waals surface area contributed by atoms with Crippen molar-refractivity contribution in [3.05, 3.63) is 71.8 Å². The first-order chi connectivity index (χ1) is 22.5. The number of fused-ring (bicyclic) bond motifs is 4. The van der Waals surface area contributed by atoms with Crippen molar-refractivity contribution >= 4 is 11.9 Å². The van der Waals surface area contributed by atoms with Crippen LogP contribution < -0.4 is 0 Å². The molecule has 260 valence electrons. The minimum atomic E-state index is -2.92. The Morgan fingerprint density at radius 2 is 0.958 bits per heavy atom. The van der Waals surface area contributed by atoms with Crippen LogP contribution >= 0.6 is 0 Å². The van der Waals surface area contributed by atoms with Gasteiger partial charge < -0.3 is 37.9 Å². The fraction of sp³-hybridized carbons (Fsp3) is 0.588. The second-order valence-corrected chi connectivity index (χ2v) is 13.9. The summed E-state index contributed by atoms with van der Waals surface area (Å²) in [6.07, 6.45) is -6.06. The van der Waals surface area contributed by atoms with Gasteiger partial charge in [-0.2, -0.15) is 0 Å². The molecule has 8 rings (SSSR count). The van der Waals surface area contributed by atoms with E-state index in [0.717, 1.165) is 0 Å². The van der Waals surface area contributed by atoms with Crippen molar-refractivity contribution in [1.82, 2.24) is 0 Å². The van der Waals surface area contributed by atoms with Gasteiger partial charge >= 0.3 is 11.9 Å². The van der Waals surface area contributed by atoms with Crippen LogP contribution in [0.4, 0.5) is 17.6 Å². The molecule has 2 aromatic carbocycles. The Labute approximate surface area is 273 Å². The Morgan fingerprint density at radius 3 is 1.27 bits per heavy atom. The summed E-state index contributed by atoms with van der Waals surface area (Å²) < 4.78 is 100. The zero-order chi connectivity index (χ0) is 34.3. The minimum absolute atomic E-state index is 0.260. The second-order valence-electron chi connectivity index (χ2n) is 13.9. The molecule has 4 saturated heterocycles. The normalized spacial score (nSPS) is 38.1. The van der Waals surface area contributed by atoms with Crippen molar-refractivity contribution in [2.75, 3.05) is 13.2 Å². The van der Waals surface area contributed by atoms with Gasteiger partial charge in [-0.3, -0.25) is 0 Å². The smallest absolute Gasteiger partial charge is 0.338 e. The van der Waals surface area contributed by atoms with Crippen molar-refractivity contribution in [3.8, 4) is 0 Å². The van der Waals surface area contributed by atoms with Gasteiger partial charge in [0.2, 0.25) is 0 Å². The number of halogens is 4. The molecule has 0 amide bonds. The number of ether oxygens (including phenoxy) is 8. The number of carbonyl (C=O) groups excluding carboxylic acids is 2. The van der Waals surface area contributed by atoms with Crippen LogP contribution in [-0.2, 0) is 37.9 Å². The third kappa shape index (κ3) is 5.50. The van der Waals surface area contributed by atoms with E-state index < -0.39 is 83.2 Å². The maximum absolute atomic E-state index is 14.1. The molecule has 10 nitrogen and oxygen atoms in total. The molecule has 0 radical (unpaired) electrons. The number of hydrogen-bond acceptors (Lipinski definition) is 10. The molecular weight excluding hydrogens is 644 g/mol. The standard InChI is InChI=1S/2C17H18F2O5/c2*1-15(2)23-12-14(24-15)22-11(16(12)9-17(16,18)19)8-21-13(20)10-6-4-3-5-7-10/h2*3-7,11-12,14H,8-9H2,1-2H3/t11-,12+,14-,16+;11-,12+,14-,16-/m11/s1. The summed E-state index contributed by atoms with van der Waals surface area (Å²) in [7, 11) is 0. The molecule has 6 aliphatic rings. The summed E-state index contributed by atoms with van der Waals surface area (Å²) in [5, 5.41) is 0. The van der Waals surface area contributed by atoms with Crippen LogP contribution in [0.25, 0.3) is 0 Å². The van der Waals surface area contributed by atoms with Crippen molar-refractivity contribution in [3.63, 3.8) is 0 Å². The fourth-order valence-electron chi connectivity index (χ4n) is 7.24. The molecule has 0 aromatic heterocycles. The fourth-order valence-corrected chi connectivity index (χ4v) is 7.24. The molecule has 6 fully saturated rings. The summed E-state index contributed by atoms with van der Waals surface area (Å²) in [5.74, 6) is -8.91. The van der Waals surface area contributed by atoms with Gasteiger partial charge in [-0.15, -0.1) is 0 Å². The van der Waals surface area contributed by atoms with Gasteiger partial charge in [0.25, 0.3) is 11.8 Å². The van der Waals surface area contributed by atoms with Crippen LogP contribution in [0.15, 0.2) is 60.7 Å². The highest BCUT2D eigenvalue weighted by Crippen LogP contribution is 2.72. The van der Waals surface area contributed by atoms with Crippen LogP contribution in [-0.4, -0.2) is 85.6 Å². The highest BCUT2D eigenvalue weighted by molar-refractivity contribution is 5.89. The summed E-state index contributed by atoms with van der Waals surface area (Å²) in [4.78, 5) is 24.0. The van der Waals surface area contributed by atoms with Crippen molar-refractivity contribution < 1.29 is 65.0 Å². The first-order valence-electron chi connectivity index (χ1n) is 15.7. The monoisotopic (exact) mass is 680 g/mol. The lowest BCUT2D eigenvalue weighted by molar-refractivity contribution is -0.220. The maximum atomic E-state index is 14.1. The molecule has 14 heteroatoms. The lowest BCUT2D eigenvalue weighted by Gasteiger charge is -2.25. The number of esters is 2. The molecule has 8 atom stereocenters. The Kier molecular flexibility index (Phi) is 7.78. The number of rotatable bonds is 6. The SMILES string of the molecule is CC1(C)O[C@H]2O[C@H](COC(=O)c3ccccc3)[C@@]3(CC3(F)F)[C@H]2O1.CC1(C)O[C@H]2O[C@H](COC(=O)c3ccccc3)[C@]3(CC3(F)F)[C@H]2O1. The topological polar surface area (TPSA) is 108 Å². The highest BCUT2D eigenvalue weighted by atomic mass is 19.3. The predicted octanol–water partition coefficient (Wildman–Crippen LogP) is 5.49. The Bertz CT molecular complexity index is 1440. The molecule has 0 N–H and O–H groups in total. The third-order valence-corrected chi connectivity index (χ3v) is 9.77. The van der Waals surface area contributed by atoms with E-state index in [1.54, 1.807) is 88.4 Å². The van der Waals surface area contributed by atoms with E-state index >= 15 is 0 Å². The van der Waals surface area contributed by atoms with E-state index in [9.17, 15) is 27.2 Å². The lowest BCUT2D eigenvalue weighted by Crippen LogP contribution is -2.38. The third-order valence-electron chi connectivity index (χ3n) is 9.77. The van der Waals surface area contributed by atoms with Crippen LogP contribution in [0.5, 0.6) is 0 Å². The number of benzene rings is 2. The summed E-state index contributed by atoms with van der Waals surface area (Å²) in [6.45, 7) is 6.12. The van der Waals surface area contributed by atoms with Crippen molar-refractivity contribution in [2.24, 2.45) is 10.8 Å². The van der Waals surface area contributed by atoms with Gasteiger partial charge in [-0.1, -0.05) is 36.4 Å². The molecule has 48 heavy (non-hydrogen) atoms. The van der Waals surface area contributed by atoms with E-state index in [1.165, 1.54) is 0 Å². The van der Waals surface area contributed by atoms with Gasteiger partial charge in [0.05, 0.1) is 11.1 Å². The Balaban J connectivity index is 0.000000152. The van der Waals surface area contributed by atoms with Gasteiger partial charge in [0.1, 0.15) is 48.5 Å². The highest BCUT2D eigenvalue weighted by Gasteiger charge is 2.86. The van der Waals surface area contributed by atoms with Crippen molar-refractivity contribution in [2.45, 2.75) is 101 Å². The van der Waals surface area contributed by atoms with Crippen molar-refractivity contribution in [1.29, 1.82) is 0 Å². The molecule has 4 aliphatic heterocycles.